The van der Waals surface area contributed by atoms with Gasteiger partial charge >= 0.3 is 0 Å². The van der Waals surface area contributed by atoms with E-state index in [0.29, 0.717) is 5.95 Å². The molecule has 2 atom stereocenters. The fourth-order valence-corrected chi connectivity index (χ4v) is 1.60. The number of nitrogen functional groups attached to an aromatic ring is 1. The lowest BCUT2D eigenvalue weighted by Gasteiger charge is -2.08. The van der Waals surface area contributed by atoms with Crippen LogP contribution in [-0.4, -0.2) is 16.5 Å². The number of hydrogen-bond donors (Lipinski definition) is 3. The molecule has 1 fully saturated rings. The van der Waals surface area contributed by atoms with Crippen LogP contribution in [-0.2, 0) is 0 Å². The molecule has 2 rings (SSSR count). The molecule has 1 saturated carbocycles. The van der Waals surface area contributed by atoms with E-state index in [1.54, 1.807) is 6.20 Å². The first-order valence-electron chi connectivity index (χ1n) is 5.25. The Morgan fingerprint density at radius 1 is 1.60 bits per heavy atom. The van der Waals surface area contributed by atoms with Gasteiger partial charge in [-0.25, -0.2) is 10.8 Å². The van der Waals surface area contributed by atoms with Gasteiger partial charge in [0.15, 0.2) is 0 Å². The average Bonchev–Trinajstić information content (AvgIpc) is 2.94. The van der Waals surface area contributed by atoms with Crippen LogP contribution in [0.5, 0.6) is 0 Å². The number of rotatable bonds is 4. The summed E-state index contributed by atoms with van der Waals surface area (Å²) < 4.78 is 0. The summed E-state index contributed by atoms with van der Waals surface area (Å²) >= 11 is 0. The topological polar surface area (TPSA) is 75.9 Å². The van der Waals surface area contributed by atoms with Crippen LogP contribution >= 0.6 is 0 Å². The highest BCUT2D eigenvalue weighted by Gasteiger charge is 2.32. The summed E-state index contributed by atoms with van der Waals surface area (Å²) in [6, 6.07) is 0. The molecule has 1 heterocycles. The third kappa shape index (κ3) is 2.36. The van der Waals surface area contributed by atoms with Gasteiger partial charge in [0.2, 0.25) is 5.95 Å². The molecular weight excluding hydrogens is 190 g/mol. The van der Waals surface area contributed by atoms with Gasteiger partial charge in [-0.05, 0) is 25.2 Å². The van der Waals surface area contributed by atoms with Crippen molar-refractivity contribution in [2.45, 2.75) is 20.3 Å². The third-order valence-electron chi connectivity index (χ3n) is 2.91. The number of nitrogens with one attached hydrogen (secondary N) is 2. The SMILES string of the molecule is Cc1cnc(NN)nc1NCC1CC1C. The number of aromatic nitrogens is 2. The Labute approximate surface area is 89.5 Å². The first-order chi connectivity index (χ1) is 7.20. The maximum absolute atomic E-state index is 5.26. The molecule has 82 valence electrons. The molecule has 0 amide bonds. The Kier molecular flexibility index (Phi) is 2.73. The Morgan fingerprint density at radius 3 is 2.93 bits per heavy atom. The quantitative estimate of drug-likeness (QED) is 0.510. The molecule has 0 bridgehead atoms. The van der Waals surface area contributed by atoms with Crippen molar-refractivity contribution in [3.05, 3.63) is 11.8 Å². The van der Waals surface area contributed by atoms with Gasteiger partial charge < -0.3 is 5.32 Å². The smallest absolute Gasteiger partial charge is 0.239 e. The summed E-state index contributed by atoms with van der Waals surface area (Å²) in [7, 11) is 0. The van der Waals surface area contributed by atoms with Crippen LogP contribution in [0.2, 0.25) is 0 Å². The highest BCUT2D eigenvalue weighted by Crippen LogP contribution is 2.37. The molecule has 4 N–H and O–H groups in total. The largest absolute Gasteiger partial charge is 0.369 e. The molecule has 5 nitrogen and oxygen atoms in total. The standard InChI is InChI=1S/C10H17N5/c1-6-3-8(6)5-12-9-7(2)4-13-10(14-9)15-11/h4,6,8H,3,5,11H2,1-2H3,(H2,12,13,14,15). The number of nitrogens with zero attached hydrogens (tertiary/aromatic N) is 2. The fourth-order valence-electron chi connectivity index (χ4n) is 1.60. The number of anilines is 2. The lowest BCUT2D eigenvalue weighted by molar-refractivity contribution is 0.783. The van der Waals surface area contributed by atoms with E-state index in [0.717, 1.165) is 29.8 Å². The van der Waals surface area contributed by atoms with Crippen LogP contribution in [0.3, 0.4) is 0 Å². The van der Waals surface area contributed by atoms with Gasteiger partial charge in [0.1, 0.15) is 5.82 Å². The van der Waals surface area contributed by atoms with E-state index in [1.807, 2.05) is 6.92 Å². The molecule has 2 unspecified atom stereocenters. The van der Waals surface area contributed by atoms with Crippen LogP contribution in [0, 0.1) is 18.8 Å². The molecular formula is C10H17N5. The van der Waals surface area contributed by atoms with Gasteiger partial charge in [0.05, 0.1) is 0 Å². The number of aryl methyl sites for hydroxylation is 1. The van der Waals surface area contributed by atoms with Gasteiger partial charge in [0, 0.05) is 18.3 Å². The van der Waals surface area contributed by atoms with E-state index in [-0.39, 0.29) is 0 Å². The molecule has 0 saturated heterocycles. The van der Waals surface area contributed by atoms with Gasteiger partial charge in [-0.15, -0.1) is 0 Å². The number of hydrazine groups is 1. The molecule has 0 aliphatic heterocycles. The molecule has 5 heteroatoms. The molecule has 1 aromatic rings. The zero-order chi connectivity index (χ0) is 10.8. The molecule has 0 spiro atoms. The van der Waals surface area contributed by atoms with Crippen LogP contribution in [0.25, 0.3) is 0 Å². The van der Waals surface area contributed by atoms with Crippen molar-refractivity contribution in [3.8, 4) is 0 Å². The molecule has 15 heavy (non-hydrogen) atoms. The predicted molar refractivity (Wildman–Crippen MR) is 60.3 cm³/mol. The van der Waals surface area contributed by atoms with E-state index in [4.69, 9.17) is 5.84 Å². The Morgan fingerprint density at radius 2 is 2.33 bits per heavy atom. The number of hydrogen-bond acceptors (Lipinski definition) is 5. The molecule has 1 aromatic heterocycles. The van der Waals surface area contributed by atoms with Crippen molar-refractivity contribution in [3.63, 3.8) is 0 Å². The van der Waals surface area contributed by atoms with Gasteiger partial charge in [-0.2, -0.15) is 4.98 Å². The fraction of sp³-hybridized carbons (Fsp3) is 0.600. The summed E-state index contributed by atoms with van der Waals surface area (Å²) in [5, 5.41) is 3.33. The van der Waals surface area contributed by atoms with Crippen molar-refractivity contribution < 1.29 is 0 Å². The first kappa shape index (κ1) is 10.2. The van der Waals surface area contributed by atoms with Crippen LogP contribution in [0.4, 0.5) is 11.8 Å². The molecule has 1 aliphatic carbocycles. The Bertz CT molecular complexity index is 352. The van der Waals surface area contributed by atoms with Crippen molar-refractivity contribution in [2.24, 2.45) is 17.7 Å². The van der Waals surface area contributed by atoms with Gasteiger partial charge in [-0.1, -0.05) is 6.92 Å². The summed E-state index contributed by atoms with van der Waals surface area (Å²) in [6.07, 6.45) is 3.08. The third-order valence-corrected chi connectivity index (χ3v) is 2.91. The second-order valence-electron chi connectivity index (χ2n) is 4.22. The summed E-state index contributed by atoms with van der Waals surface area (Å²) in [5.41, 5.74) is 3.49. The van der Waals surface area contributed by atoms with Gasteiger partial charge in [0.25, 0.3) is 0 Å². The van der Waals surface area contributed by atoms with Crippen LogP contribution in [0.15, 0.2) is 6.20 Å². The van der Waals surface area contributed by atoms with Crippen molar-refractivity contribution >= 4 is 11.8 Å². The molecule has 0 radical (unpaired) electrons. The van der Waals surface area contributed by atoms with E-state index >= 15 is 0 Å². The Hall–Kier alpha value is -1.36. The first-order valence-corrected chi connectivity index (χ1v) is 5.25. The summed E-state index contributed by atoms with van der Waals surface area (Å²) in [5.74, 6) is 8.23. The van der Waals surface area contributed by atoms with Crippen molar-refractivity contribution in [1.82, 2.24) is 9.97 Å². The van der Waals surface area contributed by atoms with E-state index in [1.165, 1.54) is 6.42 Å². The van der Waals surface area contributed by atoms with Crippen LogP contribution < -0.4 is 16.6 Å². The van der Waals surface area contributed by atoms with E-state index in [2.05, 4.69) is 27.6 Å². The maximum atomic E-state index is 5.26. The minimum Gasteiger partial charge on any atom is -0.369 e. The zero-order valence-electron chi connectivity index (χ0n) is 9.12. The second kappa shape index (κ2) is 4.02. The van der Waals surface area contributed by atoms with Gasteiger partial charge in [-0.3, -0.25) is 5.43 Å². The normalized spacial score (nSPS) is 23.7. The Balaban J connectivity index is 1.99. The average molecular weight is 207 g/mol. The summed E-state index contributed by atoms with van der Waals surface area (Å²) in [6.45, 7) is 5.24. The highest BCUT2D eigenvalue weighted by atomic mass is 15.3. The lowest BCUT2D eigenvalue weighted by atomic mass is 10.3. The zero-order valence-corrected chi connectivity index (χ0v) is 9.12. The highest BCUT2D eigenvalue weighted by molar-refractivity contribution is 5.46. The van der Waals surface area contributed by atoms with Crippen molar-refractivity contribution in [2.75, 3.05) is 17.3 Å². The minimum absolute atomic E-state index is 0.451. The lowest BCUT2D eigenvalue weighted by Crippen LogP contribution is -2.13. The number of nitrogens with two attached hydrogens (primary N) is 1. The predicted octanol–water partition coefficient (Wildman–Crippen LogP) is 1.14. The van der Waals surface area contributed by atoms with E-state index < -0.39 is 0 Å². The summed E-state index contributed by atoms with van der Waals surface area (Å²) in [4.78, 5) is 8.29. The monoisotopic (exact) mass is 207 g/mol. The maximum Gasteiger partial charge on any atom is 0.239 e. The minimum atomic E-state index is 0.451. The molecule has 0 aromatic carbocycles. The van der Waals surface area contributed by atoms with Crippen LogP contribution in [0.1, 0.15) is 18.9 Å². The van der Waals surface area contributed by atoms with Crippen molar-refractivity contribution in [1.29, 1.82) is 0 Å². The second-order valence-corrected chi connectivity index (χ2v) is 4.22. The molecule has 1 aliphatic rings. The van der Waals surface area contributed by atoms with E-state index in [9.17, 15) is 0 Å².